The van der Waals surface area contributed by atoms with Crippen molar-refractivity contribution in [3.8, 4) is 0 Å². The van der Waals surface area contributed by atoms with Gasteiger partial charge in [0.05, 0.1) is 22.5 Å². The summed E-state index contributed by atoms with van der Waals surface area (Å²) in [5.74, 6) is -2.61. The highest BCUT2D eigenvalue weighted by atomic mass is 16.4. The van der Waals surface area contributed by atoms with E-state index in [4.69, 9.17) is 15.9 Å². The first-order valence-corrected chi connectivity index (χ1v) is 4.61. The summed E-state index contributed by atoms with van der Waals surface area (Å²) in [6.07, 6.45) is 0. The summed E-state index contributed by atoms with van der Waals surface area (Å²) < 4.78 is 0. The summed E-state index contributed by atoms with van der Waals surface area (Å²) >= 11 is 0. The number of carboxylic acid groups (broad SMARTS) is 2. The molecule has 0 fully saturated rings. The van der Waals surface area contributed by atoms with E-state index < -0.39 is 11.9 Å². The summed E-state index contributed by atoms with van der Waals surface area (Å²) in [5, 5.41) is 20.5. The third kappa shape index (κ3) is 2.22. The fraction of sp³-hybridized carbons (Fsp3) is 0.200. The number of rotatable bonds is 4. The monoisotopic (exact) mass is 224 g/mol. The lowest BCUT2D eigenvalue weighted by Gasteiger charge is -2.10. The molecular formula is C10H12N2O4. The maximum absolute atomic E-state index is 10.9. The van der Waals surface area contributed by atoms with Gasteiger partial charge in [0.15, 0.2) is 0 Å². The highest BCUT2D eigenvalue weighted by Gasteiger charge is 2.18. The summed E-state index contributed by atoms with van der Waals surface area (Å²) in [7, 11) is 0. The maximum Gasteiger partial charge on any atom is 0.336 e. The van der Waals surface area contributed by atoms with Crippen LogP contribution >= 0.6 is 0 Å². The number of nitrogen functional groups attached to an aromatic ring is 1. The molecule has 0 aliphatic rings. The summed E-state index contributed by atoms with van der Waals surface area (Å²) in [6, 6.07) is 2.37. The molecule has 6 nitrogen and oxygen atoms in total. The number of hydrogen-bond acceptors (Lipinski definition) is 4. The number of nitrogens with two attached hydrogens (primary N) is 1. The average Bonchev–Trinajstić information content (AvgIpc) is 2.20. The number of carboxylic acids is 2. The van der Waals surface area contributed by atoms with Crippen molar-refractivity contribution in [3.05, 3.63) is 23.3 Å². The summed E-state index contributed by atoms with van der Waals surface area (Å²) in [5.41, 5.74) is 5.64. The van der Waals surface area contributed by atoms with E-state index in [1.807, 2.05) is 6.92 Å². The molecule has 0 saturated carbocycles. The standard InChI is InChI=1S/C10H12N2O4/c1-2-12-8-4-6(10(15)16)5(9(13)14)3-7(8)11/h3-4,12H,2,11H2,1H3,(H,13,14)(H,15,16). The number of carbonyl (C=O) groups is 2. The van der Waals surface area contributed by atoms with Gasteiger partial charge >= 0.3 is 11.9 Å². The van der Waals surface area contributed by atoms with Crippen molar-refractivity contribution in [2.75, 3.05) is 17.6 Å². The fourth-order valence-electron chi connectivity index (χ4n) is 1.31. The Kier molecular flexibility index (Phi) is 3.34. The van der Waals surface area contributed by atoms with E-state index in [0.29, 0.717) is 12.2 Å². The Balaban J connectivity index is 3.37. The van der Waals surface area contributed by atoms with Crippen LogP contribution in [0.25, 0.3) is 0 Å². The Bertz CT molecular complexity index is 443. The van der Waals surface area contributed by atoms with Gasteiger partial charge in [0, 0.05) is 6.54 Å². The molecule has 0 atom stereocenters. The first kappa shape index (κ1) is 11.8. The highest BCUT2D eigenvalue weighted by Crippen LogP contribution is 2.24. The van der Waals surface area contributed by atoms with Crippen LogP contribution in [0.3, 0.4) is 0 Å². The number of nitrogens with one attached hydrogen (secondary N) is 1. The molecule has 0 aromatic heterocycles. The molecule has 1 rings (SSSR count). The molecule has 0 aliphatic heterocycles. The van der Waals surface area contributed by atoms with Gasteiger partial charge in [-0.1, -0.05) is 0 Å². The largest absolute Gasteiger partial charge is 0.478 e. The van der Waals surface area contributed by atoms with Crippen LogP contribution in [0, 0.1) is 0 Å². The lowest BCUT2D eigenvalue weighted by atomic mass is 10.1. The second-order valence-corrected chi connectivity index (χ2v) is 3.13. The van der Waals surface area contributed by atoms with Gasteiger partial charge in [-0.15, -0.1) is 0 Å². The minimum Gasteiger partial charge on any atom is -0.478 e. The molecule has 0 spiro atoms. The van der Waals surface area contributed by atoms with Crippen molar-refractivity contribution in [2.45, 2.75) is 6.92 Å². The Labute approximate surface area is 91.7 Å². The predicted molar refractivity (Wildman–Crippen MR) is 58.9 cm³/mol. The first-order chi connectivity index (χ1) is 7.47. The van der Waals surface area contributed by atoms with Gasteiger partial charge in [0.25, 0.3) is 0 Å². The van der Waals surface area contributed by atoms with Gasteiger partial charge in [0.2, 0.25) is 0 Å². The number of benzene rings is 1. The van der Waals surface area contributed by atoms with Crippen LogP contribution in [0.4, 0.5) is 11.4 Å². The van der Waals surface area contributed by atoms with Crippen molar-refractivity contribution in [1.82, 2.24) is 0 Å². The van der Waals surface area contributed by atoms with Gasteiger partial charge in [-0.25, -0.2) is 9.59 Å². The molecule has 86 valence electrons. The predicted octanol–water partition coefficient (Wildman–Crippen LogP) is 1.10. The van der Waals surface area contributed by atoms with E-state index >= 15 is 0 Å². The van der Waals surface area contributed by atoms with Crippen molar-refractivity contribution in [1.29, 1.82) is 0 Å². The molecule has 5 N–H and O–H groups in total. The van der Waals surface area contributed by atoms with Crippen LogP contribution < -0.4 is 11.1 Å². The smallest absolute Gasteiger partial charge is 0.336 e. The molecule has 0 bridgehead atoms. The molecular weight excluding hydrogens is 212 g/mol. The second-order valence-electron chi connectivity index (χ2n) is 3.13. The van der Waals surface area contributed by atoms with Crippen LogP contribution in [0.1, 0.15) is 27.6 Å². The third-order valence-electron chi connectivity index (χ3n) is 2.02. The number of anilines is 2. The lowest BCUT2D eigenvalue weighted by molar-refractivity contribution is 0.0651. The van der Waals surface area contributed by atoms with Crippen LogP contribution in [-0.4, -0.2) is 28.7 Å². The fourth-order valence-corrected chi connectivity index (χ4v) is 1.31. The van der Waals surface area contributed by atoms with E-state index in [2.05, 4.69) is 5.32 Å². The Hall–Kier alpha value is -2.24. The van der Waals surface area contributed by atoms with E-state index in [9.17, 15) is 9.59 Å². The van der Waals surface area contributed by atoms with Gasteiger partial charge in [-0.05, 0) is 19.1 Å². The molecule has 16 heavy (non-hydrogen) atoms. The van der Waals surface area contributed by atoms with Crippen molar-refractivity contribution in [3.63, 3.8) is 0 Å². The molecule has 6 heteroatoms. The SMILES string of the molecule is CCNc1cc(C(=O)O)c(C(=O)O)cc1N. The topological polar surface area (TPSA) is 113 Å². The van der Waals surface area contributed by atoms with Crippen molar-refractivity contribution in [2.24, 2.45) is 0 Å². The Morgan fingerprint density at radius 3 is 2.19 bits per heavy atom. The summed E-state index contributed by atoms with van der Waals surface area (Å²) in [4.78, 5) is 21.7. The first-order valence-electron chi connectivity index (χ1n) is 4.61. The second kappa shape index (κ2) is 4.52. The zero-order valence-electron chi connectivity index (χ0n) is 8.65. The quantitative estimate of drug-likeness (QED) is 0.569. The minimum absolute atomic E-state index is 0.212. The summed E-state index contributed by atoms with van der Waals surface area (Å²) in [6.45, 7) is 2.39. The van der Waals surface area contributed by atoms with Gasteiger partial charge < -0.3 is 21.3 Å². The molecule has 0 heterocycles. The van der Waals surface area contributed by atoms with E-state index in [0.717, 1.165) is 6.07 Å². The maximum atomic E-state index is 10.9. The van der Waals surface area contributed by atoms with E-state index in [-0.39, 0.29) is 16.8 Å². The molecule has 0 unspecified atom stereocenters. The molecule has 1 aromatic carbocycles. The highest BCUT2D eigenvalue weighted by molar-refractivity contribution is 6.04. The Morgan fingerprint density at radius 1 is 1.25 bits per heavy atom. The normalized spacial score (nSPS) is 9.81. The molecule has 0 aliphatic carbocycles. The minimum atomic E-state index is -1.31. The number of aromatic carboxylic acids is 2. The molecule has 0 saturated heterocycles. The lowest BCUT2D eigenvalue weighted by Crippen LogP contribution is -2.11. The van der Waals surface area contributed by atoms with E-state index in [1.54, 1.807) is 0 Å². The van der Waals surface area contributed by atoms with Crippen molar-refractivity contribution < 1.29 is 19.8 Å². The van der Waals surface area contributed by atoms with Crippen molar-refractivity contribution >= 4 is 23.3 Å². The van der Waals surface area contributed by atoms with Crippen LogP contribution in [0.5, 0.6) is 0 Å². The average molecular weight is 224 g/mol. The number of hydrogen-bond donors (Lipinski definition) is 4. The zero-order chi connectivity index (χ0) is 12.3. The Morgan fingerprint density at radius 2 is 1.75 bits per heavy atom. The molecule has 0 amide bonds. The van der Waals surface area contributed by atoms with Gasteiger partial charge in [0.1, 0.15) is 0 Å². The van der Waals surface area contributed by atoms with Crippen LogP contribution in [0.15, 0.2) is 12.1 Å². The van der Waals surface area contributed by atoms with Crippen LogP contribution in [0.2, 0.25) is 0 Å². The van der Waals surface area contributed by atoms with Gasteiger partial charge in [-0.2, -0.15) is 0 Å². The third-order valence-corrected chi connectivity index (χ3v) is 2.02. The molecule has 1 aromatic rings. The van der Waals surface area contributed by atoms with Crippen LogP contribution in [-0.2, 0) is 0 Å². The van der Waals surface area contributed by atoms with E-state index in [1.165, 1.54) is 6.07 Å². The molecule has 0 radical (unpaired) electrons. The van der Waals surface area contributed by atoms with Gasteiger partial charge in [-0.3, -0.25) is 0 Å². The zero-order valence-corrected chi connectivity index (χ0v) is 8.65.